The van der Waals surface area contributed by atoms with Crippen molar-refractivity contribution in [2.24, 2.45) is 5.73 Å². The molecule has 0 bridgehead atoms. The first-order valence-electron chi connectivity index (χ1n) is 5.48. The Bertz CT molecular complexity index is 560. The van der Waals surface area contributed by atoms with Gasteiger partial charge in [-0.05, 0) is 30.2 Å². The van der Waals surface area contributed by atoms with Gasteiger partial charge in [0, 0.05) is 22.3 Å². The molecule has 0 aliphatic rings. The van der Waals surface area contributed by atoms with Gasteiger partial charge in [-0.25, -0.2) is 9.37 Å². The Morgan fingerprint density at radius 1 is 1.33 bits per heavy atom. The SMILES string of the molecule is Nc1ncccc1CC(N)c1ccc(Br)cc1F. The van der Waals surface area contributed by atoms with E-state index in [1.807, 2.05) is 6.07 Å². The number of benzene rings is 1. The molecule has 1 heterocycles. The van der Waals surface area contributed by atoms with E-state index in [0.29, 0.717) is 22.3 Å². The summed E-state index contributed by atoms with van der Waals surface area (Å²) < 4.78 is 14.4. The smallest absolute Gasteiger partial charge is 0.129 e. The van der Waals surface area contributed by atoms with Gasteiger partial charge in [-0.15, -0.1) is 0 Å². The summed E-state index contributed by atoms with van der Waals surface area (Å²) in [5, 5.41) is 0. The second kappa shape index (κ2) is 5.46. The first-order chi connectivity index (χ1) is 8.58. The van der Waals surface area contributed by atoms with E-state index in [-0.39, 0.29) is 5.82 Å². The number of hydrogen-bond donors (Lipinski definition) is 2. The van der Waals surface area contributed by atoms with E-state index >= 15 is 0 Å². The maximum atomic E-state index is 13.7. The fourth-order valence-electron chi connectivity index (χ4n) is 1.77. The number of nitrogens with two attached hydrogens (primary N) is 2. The lowest BCUT2D eigenvalue weighted by Gasteiger charge is -2.14. The van der Waals surface area contributed by atoms with Crippen LogP contribution in [0, 0.1) is 5.82 Å². The molecule has 0 fully saturated rings. The third kappa shape index (κ3) is 2.86. The average Bonchev–Trinajstić information content (AvgIpc) is 2.32. The van der Waals surface area contributed by atoms with Crippen LogP contribution in [0.25, 0.3) is 0 Å². The van der Waals surface area contributed by atoms with E-state index in [4.69, 9.17) is 11.5 Å². The van der Waals surface area contributed by atoms with Gasteiger partial charge in [0.05, 0.1) is 0 Å². The van der Waals surface area contributed by atoms with Crippen LogP contribution in [0.1, 0.15) is 17.2 Å². The normalized spacial score (nSPS) is 12.4. The Labute approximate surface area is 113 Å². The summed E-state index contributed by atoms with van der Waals surface area (Å²) >= 11 is 3.21. The molecule has 94 valence electrons. The quantitative estimate of drug-likeness (QED) is 0.916. The van der Waals surface area contributed by atoms with Crippen LogP contribution in [0.5, 0.6) is 0 Å². The lowest BCUT2D eigenvalue weighted by atomic mass is 10.00. The maximum absolute atomic E-state index is 13.7. The number of nitrogens with zero attached hydrogens (tertiary/aromatic N) is 1. The standard InChI is InChI=1S/C13H13BrFN3/c14-9-3-4-10(11(15)7-9)12(16)6-8-2-1-5-18-13(8)17/h1-5,7,12H,6,16H2,(H2,17,18). The number of rotatable bonds is 3. The zero-order chi connectivity index (χ0) is 13.1. The molecule has 0 saturated carbocycles. The summed E-state index contributed by atoms with van der Waals surface area (Å²) in [7, 11) is 0. The second-order valence-corrected chi connectivity index (χ2v) is 4.94. The van der Waals surface area contributed by atoms with Crippen molar-refractivity contribution in [3.8, 4) is 0 Å². The van der Waals surface area contributed by atoms with Crippen LogP contribution < -0.4 is 11.5 Å². The van der Waals surface area contributed by atoms with Gasteiger partial charge in [0.15, 0.2) is 0 Å². The van der Waals surface area contributed by atoms with Crippen molar-refractivity contribution >= 4 is 21.7 Å². The summed E-state index contributed by atoms with van der Waals surface area (Å²) in [5.74, 6) is 0.116. The Hall–Kier alpha value is -1.46. The third-order valence-electron chi connectivity index (χ3n) is 2.73. The average molecular weight is 310 g/mol. The summed E-state index contributed by atoms with van der Waals surface area (Å²) in [6.07, 6.45) is 2.07. The van der Waals surface area contributed by atoms with Gasteiger partial charge in [-0.2, -0.15) is 0 Å². The van der Waals surface area contributed by atoms with E-state index < -0.39 is 6.04 Å². The second-order valence-electron chi connectivity index (χ2n) is 4.02. The molecule has 3 nitrogen and oxygen atoms in total. The van der Waals surface area contributed by atoms with Crippen molar-refractivity contribution in [3.63, 3.8) is 0 Å². The van der Waals surface area contributed by atoms with Crippen LogP contribution in [-0.4, -0.2) is 4.98 Å². The molecule has 0 aliphatic heterocycles. The molecule has 1 atom stereocenters. The van der Waals surface area contributed by atoms with Crippen LogP contribution in [0.4, 0.5) is 10.2 Å². The molecule has 2 rings (SSSR count). The number of halogens is 2. The van der Waals surface area contributed by atoms with Crippen molar-refractivity contribution in [1.29, 1.82) is 0 Å². The summed E-state index contributed by atoms with van der Waals surface area (Å²) in [6.45, 7) is 0. The molecule has 0 aliphatic carbocycles. The third-order valence-corrected chi connectivity index (χ3v) is 3.22. The summed E-state index contributed by atoms with van der Waals surface area (Å²) in [4.78, 5) is 3.98. The number of aromatic nitrogens is 1. The first kappa shape index (κ1) is 13.0. The van der Waals surface area contributed by atoms with Crippen molar-refractivity contribution < 1.29 is 4.39 Å². The van der Waals surface area contributed by atoms with Crippen molar-refractivity contribution in [2.75, 3.05) is 5.73 Å². The van der Waals surface area contributed by atoms with Gasteiger partial charge < -0.3 is 11.5 Å². The molecule has 4 N–H and O–H groups in total. The number of pyridine rings is 1. The van der Waals surface area contributed by atoms with E-state index in [0.717, 1.165) is 5.56 Å². The molecule has 0 amide bonds. The van der Waals surface area contributed by atoms with E-state index in [1.54, 1.807) is 24.4 Å². The molecule has 5 heteroatoms. The molecule has 0 spiro atoms. The molecule has 18 heavy (non-hydrogen) atoms. The molecule has 2 aromatic rings. The molecule has 1 aromatic carbocycles. The zero-order valence-electron chi connectivity index (χ0n) is 9.61. The lowest BCUT2D eigenvalue weighted by Crippen LogP contribution is -2.16. The van der Waals surface area contributed by atoms with Crippen LogP contribution in [0.15, 0.2) is 41.0 Å². The minimum absolute atomic E-state index is 0.320. The molecule has 0 radical (unpaired) electrons. The van der Waals surface area contributed by atoms with Gasteiger partial charge in [0.25, 0.3) is 0 Å². The highest BCUT2D eigenvalue weighted by Crippen LogP contribution is 2.23. The van der Waals surface area contributed by atoms with Gasteiger partial charge in [0.1, 0.15) is 11.6 Å². The summed E-state index contributed by atoms with van der Waals surface area (Å²) in [6, 6.07) is 8.04. The highest BCUT2D eigenvalue weighted by molar-refractivity contribution is 9.10. The maximum Gasteiger partial charge on any atom is 0.129 e. The van der Waals surface area contributed by atoms with E-state index in [9.17, 15) is 4.39 Å². The van der Waals surface area contributed by atoms with Crippen molar-refractivity contribution in [2.45, 2.75) is 12.5 Å². The highest BCUT2D eigenvalue weighted by atomic mass is 79.9. The molecular formula is C13H13BrFN3. The minimum atomic E-state index is -0.440. The fourth-order valence-corrected chi connectivity index (χ4v) is 2.11. The van der Waals surface area contributed by atoms with E-state index in [1.165, 1.54) is 6.07 Å². The predicted molar refractivity (Wildman–Crippen MR) is 73.4 cm³/mol. The van der Waals surface area contributed by atoms with Gasteiger partial charge in [-0.3, -0.25) is 0 Å². The van der Waals surface area contributed by atoms with Crippen LogP contribution >= 0.6 is 15.9 Å². The van der Waals surface area contributed by atoms with Crippen LogP contribution in [0.2, 0.25) is 0 Å². The predicted octanol–water partition coefficient (Wildman–Crippen LogP) is 2.81. The topological polar surface area (TPSA) is 64.9 Å². The number of hydrogen-bond acceptors (Lipinski definition) is 3. The first-order valence-corrected chi connectivity index (χ1v) is 6.27. The van der Waals surface area contributed by atoms with Gasteiger partial charge in [0.2, 0.25) is 0 Å². The molecule has 1 aromatic heterocycles. The minimum Gasteiger partial charge on any atom is -0.383 e. The van der Waals surface area contributed by atoms with Crippen LogP contribution in [0.3, 0.4) is 0 Å². The van der Waals surface area contributed by atoms with Crippen molar-refractivity contribution in [3.05, 3.63) is 57.9 Å². The lowest BCUT2D eigenvalue weighted by molar-refractivity contribution is 0.579. The van der Waals surface area contributed by atoms with E-state index in [2.05, 4.69) is 20.9 Å². The number of anilines is 1. The molecule has 1 unspecified atom stereocenters. The summed E-state index contributed by atoms with van der Waals surface area (Å²) in [5.41, 5.74) is 13.0. The Morgan fingerprint density at radius 2 is 2.11 bits per heavy atom. The number of nitrogen functional groups attached to an aromatic ring is 1. The Morgan fingerprint density at radius 3 is 2.78 bits per heavy atom. The highest BCUT2D eigenvalue weighted by Gasteiger charge is 2.13. The largest absolute Gasteiger partial charge is 0.383 e. The van der Waals surface area contributed by atoms with Crippen molar-refractivity contribution in [1.82, 2.24) is 4.98 Å². The molecule has 0 saturated heterocycles. The monoisotopic (exact) mass is 309 g/mol. The fraction of sp³-hybridized carbons (Fsp3) is 0.154. The van der Waals surface area contributed by atoms with Gasteiger partial charge >= 0.3 is 0 Å². The van der Waals surface area contributed by atoms with Gasteiger partial charge in [-0.1, -0.05) is 28.1 Å². The molecular weight excluding hydrogens is 297 g/mol. The van der Waals surface area contributed by atoms with Crippen LogP contribution in [-0.2, 0) is 6.42 Å². The zero-order valence-corrected chi connectivity index (χ0v) is 11.2. The Kier molecular flexibility index (Phi) is 3.93. The Balaban J connectivity index is 2.22.